The normalized spacial score (nSPS) is 13.9. The van der Waals surface area contributed by atoms with Gasteiger partial charge >= 0.3 is 0 Å². The molecule has 0 aliphatic carbocycles. The van der Waals surface area contributed by atoms with E-state index in [0.29, 0.717) is 22.2 Å². The van der Waals surface area contributed by atoms with Crippen LogP contribution in [0, 0.1) is 25.2 Å². The zero-order valence-corrected chi connectivity index (χ0v) is 19.8. The van der Waals surface area contributed by atoms with Gasteiger partial charge in [0.1, 0.15) is 11.1 Å². The molecule has 1 aromatic heterocycles. The van der Waals surface area contributed by atoms with Gasteiger partial charge in [-0.15, -0.1) is 0 Å². The first-order chi connectivity index (χ1) is 16.6. The van der Waals surface area contributed by atoms with Crippen LogP contribution in [0.1, 0.15) is 33.5 Å². The predicted octanol–water partition coefficient (Wildman–Crippen LogP) is 6.71. The molecule has 0 saturated carbocycles. The molecule has 5 heteroatoms. The van der Waals surface area contributed by atoms with Gasteiger partial charge in [0, 0.05) is 22.4 Å². The molecule has 34 heavy (non-hydrogen) atoms. The lowest BCUT2D eigenvalue weighted by Crippen LogP contribution is -2.38. The lowest BCUT2D eigenvalue weighted by molar-refractivity contribution is 0.135. The molecule has 4 nitrogen and oxygen atoms in total. The molecule has 0 spiro atoms. The maximum atomic E-state index is 9.67. The summed E-state index contributed by atoms with van der Waals surface area (Å²) in [6.45, 7) is 3.89. The number of hydrogen-bond acceptors (Lipinski definition) is 5. The maximum absolute atomic E-state index is 9.67. The van der Waals surface area contributed by atoms with Gasteiger partial charge in [-0.2, -0.15) is 5.26 Å². The SMILES string of the molecule is Cc1cc(C)c(C#N)c(SCC2=Nc3ccccc3C(c3ccccc3)(c3ccccc3)O2)n1. The zero-order chi connectivity index (χ0) is 23.5. The van der Waals surface area contributed by atoms with E-state index < -0.39 is 5.60 Å². The second kappa shape index (κ2) is 9.17. The highest BCUT2D eigenvalue weighted by atomic mass is 32.2. The number of hydrogen-bond donors (Lipinski definition) is 0. The van der Waals surface area contributed by atoms with E-state index in [1.54, 1.807) is 0 Å². The van der Waals surface area contributed by atoms with E-state index in [1.165, 1.54) is 11.8 Å². The molecule has 3 aromatic carbocycles. The Morgan fingerprint density at radius 2 is 1.50 bits per heavy atom. The molecule has 2 heterocycles. The van der Waals surface area contributed by atoms with Crippen LogP contribution in [0.5, 0.6) is 0 Å². The second-order valence-corrected chi connectivity index (χ2v) is 9.16. The average Bonchev–Trinajstić information content (AvgIpc) is 2.87. The molecule has 0 fully saturated rings. The topological polar surface area (TPSA) is 58.3 Å². The molecule has 0 radical (unpaired) electrons. The number of thioether (sulfide) groups is 1. The first kappa shape index (κ1) is 21.9. The standard InChI is InChI=1S/C29H23N3OS/c1-20-17-21(2)31-28(24(20)18-30)34-19-27-32-26-16-10-9-15-25(26)29(33-27,22-11-5-3-6-12-22)23-13-7-4-8-14-23/h3-17H,19H2,1-2H3. The molecule has 1 aliphatic rings. The Bertz CT molecular complexity index is 1370. The monoisotopic (exact) mass is 461 g/mol. The van der Waals surface area contributed by atoms with Gasteiger partial charge < -0.3 is 4.74 Å². The average molecular weight is 462 g/mol. The molecule has 0 saturated heterocycles. The van der Waals surface area contributed by atoms with Gasteiger partial charge in [0.25, 0.3) is 0 Å². The third-order valence-electron chi connectivity index (χ3n) is 5.92. The summed E-state index contributed by atoms with van der Waals surface area (Å²) in [7, 11) is 0. The van der Waals surface area contributed by atoms with E-state index in [9.17, 15) is 5.26 Å². The summed E-state index contributed by atoms with van der Waals surface area (Å²) < 4.78 is 6.85. The highest BCUT2D eigenvalue weighted by Crippen LogP contribution is 2.47. The number of aliphatic imine (C=N–C) groups is 1. The highest BCUT2D eigenvalue weighted by Gasteiger charge is 2.43. The van der Waals surface area contributed by atoms with Gasteiger partial charge in [-0.25, -0.2) is 9.98 Å². The molecule has 4 aromatic rings. The predicted molar refractivity (Wildman–Crippen MR) is 137 cm³/mol. The molecular formula is C29H23N3OS. The van der Waals surface area contributed by atoms with Crippen LogP contribution in [0.3, 0.4) is 0 Å². The van der Waals surface area contributed by atoms with E-state index in [4.69, 9.17) is 9.73 Å². The van der Waals surface area contributed by atoms with Crippen LogP contribution in [-0.4, -0.2) is 16.6 Å². The van der Waals surface area contributed by atoms with Crippen LogP contribution in [0.2, 0.25) is 0 Å². The Kier molecular flexibility index (Phi) is 5.91. The van der Waals surface area contributed by atoms with Crippen LogP contribution >= 0.6 is 11.8 Å². The number of para-hydroxylation sites is 1. The third kappa shape index (κ3) is 3.87. The maximum Gasteiger partial charge on any atom is 0.200 e. The van der Waals surface area contributed by atoms with Crippen molar-refractivity contribution in [1.82, 2.24) is 4.98 Å². The number of pyridine rings is 1. The van der Waals surface area contributed by atoms with Crippen LogP contribution in [-0.2, 0) is 10.3 Å². The summed E-state index contributed by atoms with van der Waals surface area (Å²) in [5.74, 6) is 1.06. The molecule has 0 unspecified atom stereocenters. The van der Waals surface area contributed by atoms with Crippen LogP contribution in [0.15, 0.2) is 101 Å². The lowest BCUT2D eigenvalue weighted by atomic mass is 9.79. The van der Waals surface area contributed by atoms with Gasteiger partial charge in [0.15, 0.2) is 5.60 Å². The number of rotatable bonds is 5. The minimum absolute atomic E-state index is 0.459. The highest BCUT2D eigenvalue weighted by molar-refractivity contribution is 8.00. The number of ether oxygens (including phenoxy) is 1. The fourth-order valence-electron chi connectivity index (χ4n) is 4.43. The van der Waals surface area contributed by atoms with Crippen molar-refractivity contribution >= 4 is 23.3 Å². The van der Waals surface area contributed by atoms with Crippen molar-refractivity contribution in [3.05, 3.63) is 125 Å². The summed E-state index contributed by atoms with van der Waals surface area (Å²) in [5.41, 5.74) is 5.54. The van der Waals surface area contributed by atoms with Crippen LogP contribution in [0.4, 0.5) is 5.69 Å². The number of aryl methyl sites for hydroxylation is 2. The smallest absolute Gasteiger partial charge is 0.200 e. The van der Waals surface area contributed by atoms with Crippen molar-refractivity contribution in [1.29, 1.82) is 5.26 Å². The Morgan fingerprint density at radius 3 is 2.15 bits per heavy atom. The third-order valence-corrected chi connectivity index (χ3v) is 6.88. The number of aromatic nitrogens is 1. The van der Waals surface area contributed by atoms with Crippen molar-refractivity contribution in [3.63, 3.8) is 0 Å². The summed E-state index contributed by atoms with van der Waals surface area (Å²) >= 11 is 1.48. The summed E-state index contributed by atoms with van der Waals surface area (Å²) in [6, 6.07) is 32.9. The zero-order valence-electron chi connectivity index (χ0n) is 19.0. The molecule has 0 amide bonds. The van der Waals surface area contributed by atoms with Crippen molar-refractivity contribution in [2.45, 2.75) is 24.5 Å². The minimum atomic E-state index is -0.829. The molecular weight excluding hydrogens is 438 g/mol. The first-order valence-electron chi connectivity index (χ1n) is 11.1. The quantitative estimate of drug-likeness (QED) is 0.310. The van der Waals surface area contributed by atoms with Gasteiger partial charge in [-0.3, -0.25) is 0 Å². The molecule has 0 N–H and O–H groups in total. The van der Waals surface area contributed by atoms with Gasteiger partial charge in [0.2, 0.25) is 5.90 Å². The number of nitriles is 1. The number of fused-ring (bicyclic) bond motifs is 1. The summed E-state index contributed by atoms with van der Waals surface area (Å²) in [4.78, 5) is 9.49. The molecule has 166 valence electrons. The van der Waals surface area contributed by atoms with E-state index in [0.717, 1.165) is 33.6 Å². The summed E-state index contributed by atoms with van der Waals surface area (Å²) in [5, 5.41) is 10.4. The molecule has 0 bridgehead atoms. The van der Waals surface area contributed by atoms with Gasteiger partial charge in [-0.1, -0.05) is 90.6 Å². The minimum Gasteiger partial charge on any atom is -0.459 e. The van der Waals surface area contributed by atoms with Crippen LogP contribution in [0.25, 0.3) is 0 Å². The Morgan fingerprint density at radius 1 is 0.882 bits per heavy atom. The Hall–Kier alpha value is -3.88. The van der Waals surface area contributed by atoms with Crippen molar-refractivity contribution in [2.24, 2.45) is 4.99 Å². The fourth-order valence-corrected chi connectivity index (χ4v) is 5.38. The molecule has 1 aliphatic heterocycles. The van der Waals surface area contributed by atoms with Gasteiger partial charge in [0.05, 0.1) is 17.0 Å². The van der Waals surface area contributed by atoms with Crippen LogP contribution < -0.4 is 0 Å². The lowest BCUT2D eigenvalue weighted by Gasteiger charge is -2.39. The second-order valence-electron chi connectivity index (χ2n) is 8.20. The molecule has 5 rings (SSSR count). The van der Waals surface area contributed by atoms with Gasteiger partial charge in [-0.05, 0) is 31.5 Å². The van der Waals surface area contributed by atoms with Crippen molar-refractivity contribution in [2.75, 3.05) is 5.75 Å². The number of nitrogens with zero attached hydrogens (tertiary/aromatic N) is 3. The number of benzene rings is 3. The van der Waals surface area contributed by atoms with E-state index >= 15 is 0 Å². The largest absolute Gasteiger partial charge is 0.459 e. The van der Waals surface area contributed by atoms with E-state index in [1.807, 2.05) is 74.5 Å². The fraction of sp³-hybridized carbons (Fsp3) is 0.138. The van der Waals surface area contributed by atoms with Crippen molar-refractivity contribution in [3.8, 4) is 6.07 Å². The first-order valence-corrected chi connectivity index (χ1v) is 12.1. The summed E-state index contributed by atoms with van der Waals surface area (Å²) in [6.07, 6.45) is 0. The Balaban J connectivity index is 1.61. The van der Waals surface area contributed by atoms with Crippen molar-refractivity contribution < 1.29 is 4.74 Å². The van der Waals surface area contributed by atoms with E-state index in [2.05, 4.69) is 41.4 Å². The molecule has 0 atom stereocenters. The Labute approximate surface area is 204 Å². The van der Waals surface area contributed by atoms with E-state index in [-0.39, 0.29) is 0 Å².